The summed E-state index contributed by atoms with van der Waals surface area (Å²) in [4.78, 5) is 37.4. The van der Waals surface area contributed by atoms with Crippen molar-refractivity contribution in [2.75, 3.05) is 13.1 Å². The smallest absolute Gasteiger partial charge is 0.326 e. The van der Waals surface area contributed by atoms with Gasteiger partial charge >= 0.3 is 5.97 Å². The van der Waals surface area contributed by atoms with Gasteiger partial charge in [-0.2, -0.15) is 0 Å². The molecule has 2 aliphatic carbocycles. The Balaban J connectivity index is 1.06. The maximum Gasteiger partial charge on any atom is 0.326 e. The molecule has 3 aliphatic rings. The third kappa shape index (κ3) is 5.40. The summed E-state index contributed by atoms with van der Waals surface area (Å²) in [6.45, 7) is 2.41. The minimum atomic E-state index is -0.940. The zero-order valence-electron chi connectivity index (χ0n) is 23.9. The maximum atomic E-state index is 13.1. The van der Waals surface area contributed by atoms with E-state index < -0.39 is 17.4 Å². The standard InChI is InChI=1S/C34H34BrN5O3/c35-29-30(34(31(29)41)14-17-39(18-15-34)21-24-5-2-1-3-6-24)38-27(33(42)43)19-22-10-12-25(13-11-22)40-28(20-23-8-9-23)37-26-7-4-16-36-32(26)40/h1-7,10-13,16,23,27,38H,8-9,14-15,17-21H2,(H,42,43)/t27-/m0/s1. The molecule has 2 N–H and O–H groups in total. The number of pyridine rings is 1. The number of carboxylic acid groups (broad SMARTS) is 1. The molecule has 3 heterocycles. The molecule has 0 radical (unpaired) electrons. The number of Topliss-reactive ketones (excluding diaryl/α,β-unsaturated/α-hetero) is 1. The largest absolute Gasteiger partial charge is 0.480 e. The summed E-state index contributed by atoms with van der Waals surface area (Å²) in [6, 6.07) is 21.4. The number of aliphatic carboxylic acids is 1. The molecule has 7 rings (SSSR count). The predicted molar refractivity (Wildman–Crippen MR) is 168 cm³/mol. The van der Waals surface area contributed by atoms with Crippen molar-refractivity contribution in [3.8, 4) is 5.69 Å². The molecular formula is C34H34BrN5O3. The number of halogens is 1. The highest BCUT2D eigenvalue weighted by Crippen LogP contribution is 2.51. The summed E-state index contributed by atoms with van der Waals surface area (Å²) >= 11 is 3.46. The van der Waals surface area contributed by atoms with Crippen molar-refractivity contribution in [3.63, 3.8) is 0 Å². The molecule has 0 amide bonds. The van der Waals surface area contributed by atoms with Crippen molar-refractivity contribution in [3.05, 3.63) is 100 Å². The van der Waals surface area contributed by atoms with Crippen molar-refractivity contribution in [2.45, 2.75) is 51.1 Å². The lowest BCUT2D eigenvalue weighted by molar-refractivity contribution is -0.140. The van der Waals surface area contributed by atoms with E-state index in [4.69, 9.17) is 4.98 Å². The van der Waals surface area contributed by atoms with Crippen LogP contribution >= 0.6 is 15.9 Å². The molecule has 2 aromatic heterocycles. The Morgan fingerprint density at radius 3 is 2.47 bits per heavy atom. The first-order valence-corrected chi connectivity index (χ1v) is 15.8. The topological polar surface area (TPSA) is 100 Å². The van der Waals surface area contributed by atoms with E-state index in [-0.39, 0.29) is 5.78 Å². The van der Waals surface area contributed by atoms with E-state index in [2.05, 4.69) is 47.8 Å². The van der Waals surface area contributed by atoms with Gasteiger partial charge in [0, 0.05) is 37.0 Å². The number of likely N-dealkylation sites (tertiary alicyclic amines) is 1. The van der Waals surface area contributed by atoms with E-state index in [0.717, 1.165) is 60.0 Å². The van der Waals surface area contributed by atoms with Gasteiger partial charge in [-0.25, -0.2) is 14.8 Å². The molecule has 220 valence electrons. The number of carbonyl (C=O) groups excluding carboxylic acids is 1. The van der Waals surface area contributed by atoms with Gasteiger partial charge in [0.25, 0.3) is 0 Å². The third-order valence-corrected chi connectivity index (χ3v) is 9.95. The second-order valence-electron chi connectivity index (χ2n) is 12.1. The average molecular weight is 641 g/mol. The Kier molecular flexibility index (Phi) is 7.39. The monoisotopic (exact) mass is 639 g/mol. The number of benzene rings is 2. The summed E-state index contributed by atoms with van der Waals surface area (Å²) in [5.74, 6) is 0.833. The molecule has 43 heavy (non-hydrogen) atoms. The minimum Gasteiger partial charge on any atom is -0.480 e. The number of piperidine rings is 1. The molecule has 0 bridgehead atoms. The lowest BCUT2D eigenvalue weighted by Crippen LogP contribution is -2.56. The van der Waals surface area contributed by atoms with Gasteiger partial charge in [-0.1, -0.05) is 42.5 Å². The molecule has 0 unspecified atom stereocenters. The van der Waals surface area contributed by atoms with Crippen LogP contribution < -0.4 is 5.32 Å². The van der Waals surface area contributed by atoms with E-state index in [0.29, 0.717) is 29.7 Å². The van der Waals surface area contributed by atoms with Crippen LogP contribution in [0.25, 0.3) is 16.9 Å². The van der Waals surface area contributed by atoms with E-state index in [1.165, 1.54) is 18.4 Å². The molecule has 1 saturated heterocycles. The fourth-order valence-corrected chi connectivity index (χ4v) is 7.41. The molecule has 1 aliphatic heterocycles. The molecule has 4 aromatic rings. The van der Waals surface area contributed by atoms with E-state index in [9.17, 15) is 14.7 Å². The Morgan fingerprint density at radius 1 is 1.02 bits per heavy atom. The number of hydrogen-bond acceptors (Lipinski definition) is 6. The lowest BCUT2D eigenvalue weighted by Gasteiger charge is -2.48. The number of allylic oxidation sites excluding steroid dienone is 2. The number of nitrogens with zero attached hydrogens (tertiary/aromatic N) is 4. The highest BCUT2D eigenvalue weighted by molar-refractivity contribution is 9.12. The number of carboxylic acids is 1. The molecular weight excluding hydrogens is 606 g/mol. The summed E-state index contributed by atoms with van der Waals surface area (Å²) in [5, 5.41) is 13.5. The predicted octanol–water partition coefficient (Wildman–Crippen LogP) is 5.43. The number of nitrogens with one attached hydrogen (secondary N) is 1. The molecule has 9 heteroatoms. The fraction of sp³-hybridized carbons (Fsp3) is 0.353. The van der Waals surface area contributed by atoms with Gasteiger partial charge in [-0.05, 0) is 96.0 Å². The third-order valence-electron chi connectivity index (χ3n) is 9.20. The molecule has 2 fully saturated rings. The number of rotatable bonds is 10. The van der Waals surface area contributed by atoms with Gasteiger partial charge in [0.05, 0.1) is 9.90 Å². The zero-order chi connectivity index (χ0) is 29.6. The summed E-state index contributed by atoms with van der Waals surface area (Å²) in [7, 11) is 0. The van der Waals surface area contributed by atoms with Crippen molar-refractivity contribution < 1.29 is 14.7 Å². The number of ketones is 1. The number of aromatic nitrogens is 3. The molecule has 2 aromatic carbocycles. The Labute approximate surface area is 259 Å². The normalized spacial score (nSPS) is 19.0. The summed E-state index contributed by atoms with van der Waals surface area (Å²) in [5.41, 5.74) is 4.93. The summed E-state index contributed by atoms with van der Waals surface area (Å²) < 4.78 is 2.61. The van der Waals surface area contributed by atoms with Gasteiger partial charge in [-0.15, -0.1) is 0 Å². The van der Waals surface area contributed by atoms with Crippen molar-refractivity contribution in [1.29, 1.82) is 0 Å². The van der Waals surface area contributed by atoms with Crippen LogP contribution in [0.4, 0.5) is 0 Å². The van der Waals surface area contributed by atoms with Crippen LogP contribution in [0.2, 0.25) is 0 Å². The Morgan fingerprint density at radius 2 is 1.77 bits per heavy atom. The first kappa shape index (κ1) is 28.0. The van der Waals surface area contributed by atoms with Gasteiger partial charge in [0.1, 0.15) is 17.4 Å². The van der Waals surface area contributed by atoms with Crippen molar-refractivity contribution in [1.82, 2.24) is 24.8 Å². The van der Waals surface area contributed by atoms with Gasteiger partial charge < -0.3 is 10.4 Å². The molecule has 1 atom stereocenters. The van der Waals surface area contributed by atoms with Gasteiger partial charge in [-0.3, -0.25) is 14.3 Å². The van der Waals surface area contributed by atoms with Crippen LogP contribution in [0.1, 0.15) is 42.6 Å². The van der Waals surface area contributed by atoms with Crippen LogP contribution in [-0.2, 0) is 29.0 Å². The van der Waals surface area contributed by atoms with E-state index >= 15 is 0 Å². The second kappa shape index (κ2) is 11.4. The fourth-order valence-electron chi connectivity index (χ4n) is 6.54. The van der Waals surface area contributed by atoms with Gasteiger partial charge in [0.2, 0.25) is 0 Å². The first-order chi connectivity index (χ1) is 20.9. The number of fused-ring (bicyclic) bond motifs is 1. The zero-order valence-corrected chi connectivity index (χ0v) is 25.5. The number of imidazole rings is 1. The van der Waals surface area contributed by atoms with Crippen LogP contribution in [0, 0.1) is 11.3 Å². The molecule has 8 nitrogen and oxygen atoms in total. The highest BCUT2D eigenvalue weighted by Gasteiger charge is 2.54. The number of hydrogen-bond donors (Lipinski definition) is 2. The van der Waals surface area contributed by atoms with Crippen molar-refractivity contribution in [2.24, 2.45) is 11.3 Å². The molecule has 1 saturated carbocycles. The van der Waals surface area contributed by atoms with Crippen LogP contribution in [0.15, 0.2) is 83.1 Å². The average Bonchev–Trinajstić information content (AvgIpc) is 3.78. The molecule has 1 spiro atoms. The summed E-state index contributed by atoms with van der Waals surface area (Å²) in [6.07, 6.45) is 6.84. The van der Waals surface area contributed by atoms with Crippen LogP contribution in [-0.4, -0.2) is 55.4 Å². The highest BCUT2D eigenvalue weighted by atomic mass is 79.9. The second-order valence-corrected chi connectivity index (χ2v) is 12.9. The van der Waals surface area contributed by atoms with E-state index in [1.54, 1.807) is 6.20 Å². The first-order valence-electron chi connectivity index (χ1n) is 15.0. The SMILES string of the molecule is O=C(O)[C@H](Cc1ccc(-n2c(CC3CC3)nc3cccnc32)cc1)NC1=C(Br)C(=O)C12CCN(Cc1ccccc1)CC2. The minimum absolute atomic E-state index is 0.0750. The Hall–Kier alpha value is -3.82. The maximum absolute atomic E-state index is 13.1. The quantitative estimate of drug-likeness (QED) is 0.239. The number of carbonyl (C=O) groups is 2. The van der Waals surface area contributed by atoms with Gasteiger partial charge in [0.15, 0.2) is 11.4 Å². The van der Waals surface area contributed by atoms with Crippen LogP contribution in [0.5, 0.6) is 0 Å². The Bertz CT molecular complexity index is 1700. The van der Waals surface area contributed by atoms with Crippen LogP contribution in [0.3, 0.4) is 0 Å². The lowest BCUT2D eigenvalue weighted by atomic mass is 9.64. The van der Waals surface area contributed by atoms with E-state index in [1.807, 2.05) is 54.6 Å². The van der Waals surface area contributed by atoms with Crippen molar-refractivity contribution >= 4 is 38.8 Å².